The van der Waals surface area contributed by atoms with Crippen LogP contribution in [0.2, 0.25) is 0 Å². The Hall–Kier alpha value is -3.44. The highest BCUT2D eigenvalue weighted by molar-refractivity contribution is 5.89. The summed E-state index contributed by atoms with van der Waals surface area (Å²) in [7, 11) is 0. The van der Waals surface area contributed by atoms with Crippen LogP contribution in [0.3, 0.4) is 0 Å². The highest BCUT2D eigenvalue weighted by Gasteiger charge is 2.46. The van der Waals surface area contributed by atoms with Crippen molar-refractivity contribution in [2.24, 2.45) is 0 Å². The van der Waals surface area contributed by atoms with E-state index in [0.717, 1.165) is 16.7 Å². The van der Waals surface area contributed by atoms with E-state index in [1.54, 1.807) is 0 Å². The van der Waals surface area contributed by atoms with Gasteiger partial charge in [-0.15, -0.1) is 0 Å². The summed E-state index contributed by atoms with van der Waals surface area (Å²) in [4.78, 5) is 27.7. The van der Waals surface area contributed by atoms with E-state index in [0.29, 0.717) is 26.1 Å². The van der Waals surface area contributed by atoms with Gasteiger partial charge in [-0.2, -0.15) is 0 Å². The van der Waals surface area contributed by atoms with E-state index in [-0.39, 0.29) is 23.9 Å². The molecule has 5 heteroatoms. The first-order valence-electron chi connectivity index (χ1n) is 10.6. The van der Waals surface area contributed by atoms with Crippen LogP contribution in [0.4, 0.5) is 0 Å². The van der Waals surface area contributed by atoms with Crippen LogP contribution < -0.4 is 10.6 Å². The number of nitrogens with one attached hydrogen (secondary N) is 2. The first-order valence-corrected chi connectivity index (χ1v) is 10.6. The van der Waals surface area contributed by atoms with Crippen LogP contribution in [0.25, 0.3) is 0 Å². The van der Waals surface area contributed by atoms with Gasteiger partial charge in [0.1, 0.15) is 0 Å². The molecule has 2 amide bonds. The minimum Gasteiger partial charge on any atom is -0.351 e. The Morgan fingerprint density at radius 2 is 1.03 bits per heavy atom. The Kier molecular flexibility index (Phi) is 6.75. The zero-order valence-corrected chi connectivity index (χ0v) is 17.4. The molecule has 1 saturated heterocycles. The van der Waals surface area contributed by atoms with Gasteiger partial charge in [0.25, 0.3) is 0 Å². The van der Waals surface area contributed by atoms with E-state index in [1.165, 1.54) is 0 Å². The van der Waals surface area contributed by atoms with Crippen molar-refractivity contribution in [3.05, 3.63) is 108 Å². The summed E-state index contributed by atoms with van der Waals surface area (Å²) in [6.45, 7) is 1.54. The molecule has 0 aromatic heterocycles. The second-order valence-corrected chi connectivity index (χ2v) is 7.83. The number of carbonyl (C=O) groups is 2. The van der Waals surface area contributed by atoms with Crippen molar-refractivity contribution in [1.29, 1.82) is 0 Å². The maximum absolute atomic E-state index is 12.9. The third kappa shape index (κ3) is 5.38. The van der Waals surface area contributed by atoms with Crippen molar-refractivity contribution in [2.75, 3.05) is 0 Å². The number of nitrogens with zero attached hydrogens (tertiary/aromatic N) is 1. The van der Waals surface area contributed by atoms with Crippen molar-refractivity contribution >= 4 is 11.8 Å². The quantitative estimate of drug-likeness (QED) is 0.596. The van der Waals surface area contributed by atoms with E-state index in [1.807, 2.05) is 95.9 Å². The summed E-state index contributed by atoms with van der Waals surface area (Å²) in [5, 5.41) is 6.04. The van der Waals surface area contributed by atoms with E-state index in [4.69, 9.17) is 0 Å². The number of likely N-dealkylation sites (tertiary alicyclic amines) is 1. The van der Waals surface area contributed by atoms with Crippen LogP contribution in [-0.2, 0) is 29.2 Å². The minimum atomic E-state index is -0.309. The molecule has 2 unspecified atom stereocenters. The topological polar surface area (TPSA) is 61.4 Å². The van der Waals surface area contributed by atoms with E-state index >= 15 is 0 Å². The van der Waals surface area contributed by atoms with Crippen LogP contribution in [-0.4, -0.2) is 28.8 Å². The molecular formula is C26H27N3O2. The Morgan fingerprint density at radius 1 is 0.645 bits per heavy atom. The summed E-state index contributed by atoms with van der Waals surface area (Å²) in [5.41, 5.74) is 3.20. The number of rotatable bonds is 8. The molecule has 158 valence electrons. The van der Waals surface area contributed by atoms with Gasteiger partial charge in [0.2, 0.25) is 11.8 Å². The predicted molar refractivity (Wildman–Crippen MR) is 121 cm³/mol. The van der Waals surface area contributed by atoms with Gasteiger partial charge in [-0.1, -0.05) is 91.0 Å². The second-order valence-electron chi connectivity index (χ2n) is 7.83. The Balaban J connectivity index is 1.39. The molecule has 0 saturated carbocycles. The van der Waals surface area contributed by atoms with E-state index in [9.17, 15) is 9.59 Å². The van der Waals surface area contributed by atoms with Crippen molar-refractivity contribution in [1.82, 2.24) is 15.5 Å². The lowest BCUT2D eigenvalue weighted by molar-refractivity contribution is -0.145. The number of carbonyl (C=O) groups excluding carboxylic acids is 2. The highest BCUT2D eigenvalue weighted by Crippen LogP contribution is 2.28. The zero-order chi connectivity index (χ0) is 21.5. The van der Waals surface area contributed by atoms with Gasteiger partial charge in [0.05, 0.1) is 12.1 Å². The SMILES string of the molecule is O=C(NCc1ccccc1)C1CC(C(=O)NCc2ccccc2)N1Cc1ccccc1. The average Bonchev–Trinajstić information content (AvgIpc) is 2.81. The number of hydrogen-bond acceptors (Lipinski definition) is 3. The summed E-state index contributed by atoms with van der Waals surface area (Å²) in [6, 6.07) is 29.0. The first-order chi connectivity index (χ1) is 15.2. The van der Waals surface area contributed by atoms with Gasteiger partial charge < -0.3 is 10.6 Å². The van der Waals surface area contributed by atoms with Gasteiger partial charge in [0, 0.05) is 19.6 Å². The molecule has 1 fully saturated rings. The van der Waals surface area contributed by atoms with Gasteiger partial charge >= 0.3 is 0 Å². The highest BCUT2D eigenvalue weighted by atomic mass is 16.2. The molecule has 5 nitrogen and oxygen atoms in total. The summed E-state index contributed by atoms with van der Waals surface area (Å²) in [6.07, 6.45) is 0.522. The molecule has 0 aliphatic carbocycles. The van der Waals surface area contributed by atoms with E-state index < -0.39 is 0 Å². The van der Waals surface area contributed by atoms with Crippen LogP contribution in [0.15, 0.2) is 91.0 Å². The Bertz CT molecular complexity index is 931. The molecule has 0 bridgehead atoms. The number of amides is 2. The fraction of sp³-hybridized carbons (Fsp3) is 0.231. The molecule has 2 N–H and O–H groups in total. The second kappa shape index (κ2) is 10.0. The lowest BCUT2D eigenvalue weighted by atomic mass is 9.90. The Morgan fingerprint density at radius 3 is 1.45 bits per heavy atom. The average molecular weight is 414 g/mol. The van der Waals surface area contributed by atoms with Crippen molar-refractivity contribution in [3.8, 4) is 0 Å². The molecule has 3 aromatic carbocycles. The fourth-order valence-electron chi connectivity index (χ4n) is 3.90. The van der Waals surface area contributed by atoms with E-state index in [2.05, 4.69) is 10.6 Å². The molecule has 1 heterocycles. The van der Waals surface area contributed by atoms with Crippen LogP contribution in [0.1, 0.15) is 23.1 Å². The van der Waals surface area contributed by atoms with Crippen LogP contribution in [0.5, 0.6) is 0 Å². The van der Waals surface area contributed by atoms with Gasteiger partial charge in [-0.05, 0) is 23.1 Å². The van der Waals surface area contributed by atoms with Crippen molar-refractivity contribution < 1.29 is 9.59 Å². The van der Waals surface area contributed by atoms with Crippen molar-refractivity contribution in [3.63, 3.8) is 0 Å². The summed E-state index contributed by atoms with van der Waals surface area (Å²) >= 11 is 0. The Labute approximate surface area is 183 Å². The molecular weight excluding hydrogens is 386 g/mol. The van der Waals surface area contributed by atoms with Gasteiger partial charge in [0.15, 0.2) is 0 Å². The molecule has 0 radical (unpaired) electrons. The van der Waals surface area contributed by atoms with Crippen LogP contribution >= 0.6 is 0 Å². The fourth-order valence-corrected chi connectivity index (χ4v) is 3.90. The minimum absolute atomic E-state index is 0.0353. The van der Waals surface area contributed by atoms with Gasteiger partial charge in [-0.3, -0.25) is 14.5 Å². The first kappa shape index (κ1) is 20.8. The number of hydrogen-bond donors (Lipinski definition) is 2. The van der Waals surface area contributed by atoms with Crippen molar-refractivity contribution in [2.45, 2.75) is 38.1 Å². The maximum atomic E-state index is 12.9. The molecule has 0 spiro atoms. The summed E-state index contributed by atoms with van der Waals surface area (Å²) in [5.74, 6) is -0.0706. The predicted octanol–water partition coefficient (Wildman–Crippen LogP) is 3.26. The molecule has 1 aliphatic rings. The lowest BCUT2D eigenvalue weighted by Crippen LogP contribution is -2.65. The number of benzene rings is 3. The monoisotopic (exact) mass is 413 g/mol. The molecule has 2 atom stereocenters. The normalized spacial score (nSPS) is 18.1. The molecule has 31 heavy (non-hydrogen) atoms. The molecule has 3 aromatic rings. The largest absolute Gasteiger partial charge is 0.351 e. The van der Waals surface area contributed by atoms with Gasteiger partial charge in [-0.25, -0.2) is 0 Å². The maximum Gasteiger partial charge on any atom is 0.237 e. The van der Waals surface area contributed by atoms with Crippen LogP contribution in [0, 0.1) is 0 Å². The molecule has 4 rings (SSSR count). The third-order valence-corrected chi connectivity index (χ3v) is 5.68. The lowest BCUT2D eigenvalue weighted by Gasteiger charge is -2.46. The zero-order valence-electron chi connectivity index (χ0n) is 17.4. The smallest absolute Gasteiger partial charge is 0.237 e. The standard InChI is InChI=1S/C26H27N3O2/c30-25(27-17-20-10-4-1-5-11-20)23-16-24(29(23)19-22-14-8-3-9-15-22)26(31)28-18-21-12-6-2-7-13-21/h1-15,23-24H,16-19H2,(H,27,30)(H,28,31). The third-order valence-electron chi connectivity index (χ3n) is 5.68. The molecule has 1 aliphatic heterocycles. The summed E-state index contributed by atoms with van der Waals surface area (Å²) < 4.78 is 0.